The normalized spacial score (nSPS) is 12.6. The van der Waals surface area contributed by atoms with E-state index in [1.54, 1.807) is 11.3 Å². The molecule has 1 aliphatic heterocycles. The number of thiophene rings is 1. The van der Waals surface area contributed by atoms with Gasteiger partial charge >= 0.3 is 0 Å². The number of benzene rings is 1. The van der Waals surface area contributed by atoms with Gasteiger partial charge in [-0.05, 0) is 29.6 Å². The Kier molecular flexibility index (Phi) is 3.87. The Balaban J connectivity index is 1.27. The third kappa shape index (κ3) is 2.95. The number of hydrogen-bond acceptors (Lipinski definition) is 9. The molecule has 0 aliphatic carbocycles. The maximum absolute atomic E-state index is 5.72. The summed E-state index contributed by atoms with van der Waals surface area (Å²) >= 11 is 3.02. The van der Waals surface area contributed by atoms with E-state index in [4.69, 9.17) is 18.4 Å². The standard InChI is InChI=1S/C17H11N3O4S2/c1-2-15(25-5-1)14-7-11(20-24-14)8-26-17-19-18-16(23-17)10-3-4-12-13(6-10)22-9-21-12/h1-7H,8-9H2. The van der Waals surface area contributed by atoms with Gasteiger partial charge in [0.05, 0.1) is 10.6 Å². The van der Waals surface area contributed by atoms with Gasteiger partial charge in [-0.3, -0.25) is 0 Å². The molecule has 0 saturated heterocycles. The number of fused-ring (bicyclic) bond motifs is 1. The second-order valence-corrected chi connectivity index (χ2v) is 7.26. The summed E-state index contributed by atoms with van der Waals surface area (Å²) in [7, 11) is 0. The van der Waals surface area contributed by atoms with E-state index in [1.807, 2.05) is 41.8 Å². The SMILES string of the molecule is c1csc(-c2cc(CSc3nnc(-c4ccc5c(c4)OCO5)o3)no2)c1. The highest BCUT2D eigenvalue weighted by atomic mass is 32.2. The fourth-order valence-corrected chi connectivity index (χ4v) is 3.78. The zero-order valence-corrected chi connectivity index (χ0v) is 14.9. The highest BCUT2D eigenvalue weighted by Crippen LogP contribution is 2.36. The highest BCUT2D eigenvalue weighted by molar-refractivity contribution is 7.98. The molecule has 26 heavy (non-hydrogen) atoms. The van der Waals surface area contributed by atoms with Gasteiger partial charge in [0.1, 0.15) is 0 Å². The van der Waals surface area contributed by atoms with Crippen LogP contribution in [0.2, 0.25) is 0 Å². The van der Waals surface area contributed by atoms with Crippen LogP contribution in [0.4, 0.5) is 0 Å². The molecule has 0 N–H and O–H groups in total. The molecule has 0 saturated carbocycles. The lowest BCUT2D eigenvalue weighted by Gasteiger charge is -1.97. The third-order valence-electron chi connectivity index (χ3n) is 3.69. The maximum Gasteiger partial charge on any atom is 0.277 e. The Labute approximate surface area is 155 Å². The third-order valence-corrected chi connectivity index (χ3v) is 5.43. The van der Waals surface area contributed by atoms with E-state index >= 15 is 0 Å². The molecule has 0 spiro atoms. The van der Waals surface area contributed by atoms with Crippen molar-refractivity contribution < 1.29 is 18.4 Å². The van der Waals surface area contributed by atoms with E-state index < -0.39 is 0 Å². The van der Waals surface area contributed by atoms with Crippen LogP contribution in [0.15, 0.2) is 55.9 Å². The van der Waals surface area contributed by atoms with Crippen LogP contribution in [0.5, 0.6) is 11.5 Å². The van der Waals surface area contributed by atoms with Gasteiger partial charge in [0, 0.05) is 17.4 Å². The van der Waals surface area contributed by atoms with Gasteiger partial charge in [0.25, 0.3) is 5.22 Å². The largest absolute Gasteiger partial charge is 0.454 e. The molecule has 5 rings (SSSR count). The second-order valence-electron chi connectivity index (χ2n) is 5.39. The molecule has 0 fully saturated rings. The van der Waals surface area contributed by atoms with E-state index in [1.165, 1.54) is 11.8 Å². The van der Waals surface area contributed by atoms with Crippen molar-refractivity contribution >= 4 is 23.1 Å². The fourth-order valence-electron chi connectivity index (χ4n) is 2.46. The summed E-state index contributed by atoms with van der Waals surface area (Å²) in [5.74, 6) is 3.18. The average molecular weight is 385 g/mol. The summed E-state index contributed by atoms with van der Waals surface area (Å²) in [6.07, 6.45) is 0. The smallest absolute Gasteiger partial charge is 0.277 e. The Morgan fingerprint density at radius 2 is 2.04 bits per heavy atom. The van der Waals surface area contributed by atoms with E-state index in [2.05, 4.69) is 15.4 Å². The van der Waals surface area contributed by atoms with Gasteiger partial charge in [-0.1, -0.05) is 23.0 Å². The average Bonchev–Trinajstić information content (AvgIpc) is 3.47. The van der Waals surface area contributed by atoms with Crippen LogP contribution in [0.1, 0.15) is 5.69 Å². The molecule has 7 nitrogen and oxygen atoms in total. The first-order chi connectivity index (χ1) is 12.8. The molecular weight excluding hydrogens is 374 g/mol. The quantitative estimate of drug-likeness (QED) is 0.465. The summed E-state index contributed by atoms with van der Waals surface area (Å²) in [5, 5.41) is 14.7. The Bertz CT molecular complexity index is 1040. The maximum atomic E-state index is 5.72. The number of ether oxygens (including phenoxy) is 2. The summed E-state index contributed by atoms with van der Waals surface area (Å²) in [6, 6.07) is 11.4. The van der Waals surface area contributed by atoms with Crippen molar-refractivity contribution in [3.8, 4) is 33.6 Å². The van der Waals surface area contributed by atoms with Gasteiger partial charge in [-0.2, -0.15) is 0 Å². The second kappa shape index (κ2) is 6.50. The van der Waals surface area contributed by atoms with Crippen molar-refractivity contribution in [3.63, 3.8) is 0 Å². The van der Waals surface area contributed by atoms with Crippen LogP contribution < -0.4 is 9.47 Å². The van der Waals surface area contributed by atoms with Crippen molar-refractivity contribution in [2.75, 3.05) is 6.79 Å². The summed E-state index contributed by atoms with van der Waals surface area (Å²) in [4.78, 5) is 1.05. The minimum Gasteiger partial charge on any atom is -0.454 e. The lowest BCUT2D eigenvalue weighted by Crippen LogP contribution is -1.92. The predicted molar refractivity (Wildman–Crippen MR) is 95.2 cm³/mol. The van der Waals surface area contributed by atoms with E-state index in [0.717, 1.165) is 27.6 Å². The molecule has 1 aliphatic rings. The predicted octanol–water partition coefficient (Wildman–Crippen LogP) is 4.47. The Hall–Kier alpha value is -2.78. The van der Waals surface area contributed by atoms with E-state index in [0.29, 0.717) is 22.6 Å². The molecule has 9 heteroatoms. The minimum absolute atomic E-state index is 0.231. The van der Waals surface area contributed by atoms with Crippen LogP contribution in [0, 0.1) is 0 Å². The molecule has 4 heterocycles. The van der Waals surface area contributed by atoms with Gasteiger partial charge in [-0.15, -0.1) is 21.5 Å². The topological polar surface area (TPSA) is 83.4 Å². The molecule has 0 radical (unpaired) electrons. The van der Waals surface area contributed by atoms with E-state index in [-0.39, 0.29) is 6.79 Å². The van der Waals surface area contributed by atoms with Crippen molar-refractivity contribution in [2.45, 2.75) is 11.0 Å². The van der Waals surface area contributed by atoms with Crippen molar-refractivity contribution in [2.24, 2.45) is 0 Å². The number of rotatable bonds is 5. The molecular formula is C17H11N3O4S2. The van der Waals surface area contributed by atoms with Crippen molar-refractivity contribution in [1.29, 1.82) is 0 Å². The molecule has 0 bridgehead atoms. The fraction of sp³-hybridized carbons (Fsp3) is 0.118. The van der Waals surface area contributed by atoms with Gasteiger partial charge in [-0.25, -0.2) is 0 Å². The Morgan fingerprint density at radius 1 is 1.08 bits per heavy atom. The van der Waals surface area contributed by atoms with Crippen LogP contribution in [-0.4, -0.2) is 22.1 Å². The first-order valence-electron chi connectivity index (χ1n) is 7.71. The molecule has 3 aromatic heterocycles. The molecule has 1 aromatic carbocycles. The van der Waals surface area contributed by atoms with Crippen molar-refractivity contribution in [1.82, 2.24) is 15.4 Å². The van der Waals surface area contributed by atoms with Gasteiger partial charge in [0.2, 0.25) is 12.7 Å². The number of thioether (sulfide) groups is 1. The molecule has 0 amide bonds. The summed E-state index contributed by atoms with van der Waals surface area (Å²) in [6.45, 7) is 0.231. The van der Waals surface area contributed by atoms with Crippen molar-refractivity contribution in [3.05, 3.63) is 47.5 Å². The lowest BCUT2D eigenvalue weighted by atomic mass is 10.2. The minimum atomic E-state index is 0.231. The first kappa shape index (κ1) is 15.5. The zero-order chi connectivity index (χ0) is 17.3. The molecule has 0 atom stereocenters. The van der Waals surface area contributed by atoms with Crippen LogP contribution in [0.3, 0.4) is 0 Å². The van der Waals surface area contributed by atoms with Crippen LogP contribution in [-0.2, 0) is 5.75 Å². The molecule has 4 aromatic rings. The molecule has 0 unspecified atom stereocenters. The van der Waals surface area contributed by atoms with Crippen LogP contribution in [0.25, 0.3) is 22.1 Å². The van der Waals surface area contributed by atoms with Gasteiger partial charge < -0.3 is 18.4 Å². The number of aromatic nitrogens is 3. The zero-order valence-electron chi connectivity index (χ0n) is 13.2. The number of hydrogen-bond donors (Lipinski definition) is 0. The highest BCUT2D eigenvalue weighted by Gasteiger charge is 2.17. The first-order valence-corrected chi connectivity index (χ1v) is 9.57. The summed E-state index contributed by atoms with van der Waals surface area (Å²) in [5.41, 5.74) is 1.61. The Morgan fingerprint density at radius 3 is 2.96 bits per heavy atom. The van der Waals surface area contributed by atoms with E-state index in [9.17, 15) is 0 Å². The van der Waals surface area contributed by atoms with Gasteiger partial charge in [0.15, 0.2) is 17.3 Å². The van der Waals surface area contributed by atoms with Crippen LogP contribution >= 0.6 is 23.1 Å². The monoisotopic (exact) mass is 385 g/mol. The molecule has 130 valence electrons. The lowest BCUT2D eigenvalue weighted by molar-refractivity contribution is 0.174. The number of nitrogens with zero attached hydrogens (tertiary/aromatic N) is 3. The summed E-state index contributed by atoms with van der Waals surface area (Å²) < 4.78 is 21.8.